The minimum atomic E-state index is -3.71. The molecule has 4 aromatic rings. The molecule has 168 valence electrons. The number of anilines is 2. The van der Waals surface area contributed by atoms with Gasteiger partial charge in [0, 0.05) is 40.6 Å². The van der Waals surface area contributed by atoms with Crippen molar-refractivity contribution in [2.75, 3.05) is 10.0 Å². The van der Waals surface area contributed by atoms with Gasteiger partial charge in [-0.05, 0) is 55.5 Å². The second kappa shape index (κ2) is 8.75. The Labute approximate surface area is 189 Å². The Morgan fingerprint density at radius 3 is 2.30 bits per heavy atom. The van der Waals surface area contributed by atoms with Crippen molar-refractivity contribution in [2.45, 2.75) is 18.4 Å². The molecule has 0 aliphatic carbocycles. The SMILES string of the molecule is Cc1ccc(S(=O)(=O)Nc2ccc(NC(=O)Cn3ccc4cc([N+](=O)[O-])ccc43)cc2)cc1. The molecule has 9 nitrogen and oxygen atoms in total. The van der Waals surface area contributed by atoms with Crippen LogP contribution in [-0.4, -0.2) is 23.8 Å². The number of sulfonamides is 1. The van der Waals surface area contributed by atoms with Gasteiger partial charge in [-0.15, -0.1) is 0 Å². The van der Waals surface area contributed by atoms with Crippen molar-refractivity contribution in [3.8, 4) is 0 Å². The molecule has 2 N–H and O–H groups in total. The molecule has 0 spiro atoms. The Hall–Kier alpha value is -4.18. The largest absolute Gasteiger partial charge is 0.338 e. The van der Waals surface area contributed by atoms with Crippen molar-refractivity contribution in [1.82, 2.24) is 4.57 Å². The van der Waals surface area contributed by atoms with Crippen LogP contribution >= 0.6 is 0 Å². The molecule has 1 aromatic heterocycles. The van der Waals surface area contributed by atoms with Gasteiger partial charge in [-0.3, -0.25) is 19.6 Å². The molecule has 0 fully saturated rings. The molecule has 0 aliphatic heterocycles. The van der Waals surface area contributed by atoms with Crippen LogP contribution < -0.4 is 10.0 Å². The number of aryl methyl sites for hydroxylation is 1. The summed E-state index contributed by atoms with van der Waals surface area (Å²) in [6.07, 6.45) is 1.69. The molecule has 0 bridgehead atoms. The molecule has 1 heterocycles. The Bertz CT molecular complexity index is 1440. The van der Waals surface area contributed by atoms with Crippen LogP contribution in [0.25, 0.3) is 10.9 Å². The first-order valence-electron chi connectivity index (χ1n) is 9.94. The molecule has 0 aliphatic rings. The van der Waals surface area contributed by atoms with Crippen molar-refractivity contribution in [3.05, 3.63) is 94.7 Å². The summed E-state index contributed by atoms with van der Waals surface area (Å²) in [5.41, 5.74) is 2.53. The lowest BCUT2D eigenvalue weighted by Crippen LogP contribution is -2.18. The summed E-state index contributed by atoms with van der Waals surface area (Å²) < 4.78 is 29.2. The predicted octanol–water partition coefficient (Wildman–Crippen LogP) is 4.30. The molecular formula is C23H20N4O5S. The van der Waals surface area contributed by atoms with E-state index in [-0.39, 0.29) is 23.0 Å². The minimum Gasteiger partial charge on any atom is -0.338 e. The normalized spacial score (nSPS) is 11.3. The highest BCUT2D eigenvalue weighted by Gasteiger charge is 2.14. The van der Waals surface area contributed by atoms with Gasteiger partial charge in [0.15, 0.2) is 0 Å². The third kappa shape index (κ3) is 5.01. The topological polar surface area (TPSA) is 123 Å². The highest BCUT2D eigenvalue weighted by Crippen LogP contribution is 2.22. The first kappa shape index (κ1) is 22.0. The summed E-state index contributed by atoms with van der Waals surface area (Å²) in [6.45, 7) is 1.89. The van der Waals surface area contributed by atoms with Gasteiger partial charge in [0.05, 0.1) is 9.82 Å². The number of hydrogen-bond acceptors (Lipinski definition) is 5. The van der Waals surface area contributed by atoms with Gasteiger partial charge in [-0.25, -0.2) is 8.42 Å². The van der Waals surface area contributed by atoms with Crippen molar-refractivity contribution >= 4 is 43.9 Å². The van der Waals surface area contributed by atoms with Gasteiger partial charge in [0.2, 0.25) is 5.91 Å². The molecule has 0 saturated heterocycles. The zero-order chi connectivity index (χ0) is 23.6. The smallest absolute Gasteiger partial charge is 0.270 e. The van der Waals surface area contributed by atoms with E-state index >= 15 is 0 Å². The monoisotopic (exact) mass is 464 g/mol. The number of carbonyl (C=O) groups excluding carboxylic acids is 1. The number of non-ortho nitro benzene ring substituents is 1. The van der Waals surface area contributed by atoms with E-state index in [4.69, 9.17) is 0 Å². The first-order valence-corrected chi connectivity index (χ1v) is 11.4. The van der Waals surface area contributed by atoms with Crippen LogP contribution in [0.5, 0.6) is 0 Å². The Kier molecular flexibility index (Phi) is 5.84. The number of nitrogens with one attached hydrogen (secondary N) is 2. The van der Waals surface area contributed by atoms with Crippen LogP contribution in [0.1, 0.15) is 5.56 Å². The Balaban J connectivity index is 1.41. The molecule has 0 atom stereocenters. The van der Waals surface area contributed by atoms with Crippen molar-refractivity contribution in [1.29, 1.82) is 0 Å². The number of nitro groups is 1. The van der Waals surface area contributed by atoms with Gasteiger partial charge in [0.25, 0.3) is 15.7 Å². The molecular weight excluding hydrogens is 444 g/mol. The summed E-state index contributed by atoms with van der Waals surface area (Å²) in [5, 5.41) is 14.3. The summed E-state index contributed by atoms with van der Waals surface area (Å²) in [4.78, 5) is 23.1. The molecule has 0 radical (unpaired) electrons. The number of hydrogen-bond donors (Lipinski definition) is 2. The molecule has 1 amide bonds. The quantitative estimate of drug-likeness (QED) is 0.312. The summed E-state index contributed by atoms with van der Waals surface area (Å²) in [5.74, 6) is -0.293. The van der Waals surface area contributed by atoms with Gasteiger partial charge in [0.1, 0.15) is 6.54 Å². The Morgan fingerprint density at radius 2 is 1.64 bits per heavy atom. The maximum atomic E-state index is 12.5. The zero-order valence-corrected chi connectivity index (χ0v) is 18.4. The first-order chi connectivity index (χ1) is 15.7. The number of benzene rings is 3. The van der Waals surface area contributed by atoms with Crippen molar-refractivity contribution in [3.63, 3.8) is 0 Å². The fourth-order valence-corrected chi connectivity index (χ4v) is 4.41. The summed E-state index contributed by atoms with van der Waals surface area (Å²) in [7, 11) is -3.71. The van der Waals surface area contributed by atoms with Gasteiger partial charge in [-0.1, -0.05) is 17.7 Å². The van der Waals surface area contributed by atoms with E-state index in [9.17, 15) is 23.3 Å². The second-order valence-corrected chi connectivity index (χ2v) is 9.17. The number of fused-ring (bicyclic) bond motifs is 1. The number of carbonyl (C=O) groups is 1. The standard InChI is InChI=1S/C23H20N4O5S/c1-16-2-9-21(10-3-16)33(31,32)25-19-6-4-18(5-7-19)24-23(28)15-26-13-12-17-14-20(27(29)30)8-11-22(17)26/h2-14,25H,15H2,1H3,(H,24,28). The predicted molar refractivity (Wildman–Crippen MR) is 126 cm³/mol. The lowest BCUT2D eigenvalue weighted by molar-refractivity contribution is -0.384. The lowest BCUT2D eigenvalue weighted by Gasteiger charge is -2.10. The number of amides is 1. The van der Waals surface area contributed by atoms with E-state index in [1.807, 2.05) is 6.92 Å². The van der Waals surface area contributed by atoms with Crippen LogP contribution in [0.2, 0.25) is 0 Å². The molecule has 33 heavy (non-hydrogen) atoms. The third-order valence-corrected chi connectivity index (χ3v) is 6.43. The maximum Gasteiger partial charge on any atom is 0.270 e. The minimum absolute atomic E-state index is 0.0113. The van der Waals surface area contributed by atoms with Crippen LogP contribution in [0.3, 0.4) is 0 Å². The van der Waals surface area contributed by atoms with Crippen LogP contribution in [0.15, 0.2) is 83.9 Å². The molecule has 10 heteroatoms. The van der Waals surface area contributed by atoms with Crippen molar-refractivity contribution < 1.29 is 18.1 Å². The second-order valence-electron chi connectivity index (χ2n) is 7.49. The number of aromatic nitrogens is 1. The number of rotatable bonds is 7. The van der Waals surface area contributed by atoms with Gasteiger partial charge >= 0.3 is 0 Å². The van der Waals surface area contributed by atoms with E-state index in [2.05, 4.69) is 10.0 Å². The molecule has 3 aromatic carbocycles. The highest BCUT2D eigenvalue weighted by molar-refractivity contribution is 7.92. The average Bonchev–Trinajstić information content (AvgIpc) is 3.17. The van der Waals surface area contributed by atoms with Crippen LogP contribution in [0.4, 0.5) is 17.1 Å². The van der Waals surface area contributed by atoms with Gasteiger partial charge in [-0.2, -0.15) is 0 Å². The van der Waals surface area contributed by atoms with E-state index < -0.39 is 14.9 Å². The fourth-order valence-electron chi connectivity index (χ4n) is 3.35. The summed E-state index contributed by atoms with van der Waals surface area (Å²) >= 11 is 0. The molecule has 4 rings (SSSR count). The number of nitro benzene ring substituents is 1. The van der Waals surface area contributed by atoms with Crippen LogP contribution in [0, 0.1) is 17.0 Å². The maximum absolute atomic E-state index is 12.5. The molecule has 0 unspecified atom stereocenters. The molecule has 0 saturated carbocycles. The van der Waals surface area contributed by atoms with E-state index in [0.717, 1.165) is 5.56 Å². The lowest BCUT2D eigenvalue weighted by atomic mass is 10.2. The number of nitrogens with zero attached hydrogens (tertiary/aromatic N) is 2. The van der Waals surface area contributed by atoms with E-state index in [1.54, 1.807) is 59.3 Å². The Morgan fingerprint density at radius 1 is 0.970 bits per heavy atom. The zero-order valence-electron chi connectivity index (χ0n) is 17.6. The van der Waals surface area contributed by atoms with E-state index in [1.165, 1.54) is 24.3 Å². The van der Waals surface area contributed by atoms with Crippen molar-refractivity contribution in [2.24, 2.45) is 0 Å². The van der Waals surface area contributed by atoms with Gasteiger partial charge < -0.3 is 9.88 Å². The third-order valence-electron chi connectivity index (χ3n) is 5.03. The average molecular weight is 465 g/mol. The van der Waals surface area contributed by atoms with E-state index in [0.29, 0.717) is 22.3 Å². The fraction of sp³-hybridized carbons (Fsp3) is 0.0870. The highest BCUT2D eigenvalue weighted by atomic mass is 32.2. The summed E-state index contributed by atoms with van der Waals surface area (Å²) in [6, 6.07) is 19.0. The van der Waals surface area contributed by atoms with Crippen LogP contribution in [-0.2, 0) is 21.4 Å².